The van der Waals surface area contributed by atoms with Gasteiger partial charge in [0.2, 0.25) is 5.91 Å². The van der Waals surface area contributed by atoms with E-state index in [0.29, 0.717) is 12.1 Å². The van der Waals surface area contributed by atoms with Gasteiger partial charge in [-0.05, 0) is 32.6 Å². The molecule has 4 nitrogen and oxygen atoms in total. The third-order valence-corrected chi connectivity index (χ3v) is 3.22. The number of hydrogen-bond donors (Lipinski definition) is 2. The van der Waals surface area contributed by atoms with Crippen LogP contribution in [0, 0.1) is 0 Å². The second-order valence-electron chi connectivity index (χ2n) is 4.40. The van der Waals surface area contributed by atoms with Crippen LogP contribution in [0.3, 0.4) is 0 Å². The van der Waals surface area contributed by atoms with Crippen molar-refractivity contribution in [2.24, 2.45) is 0 Å². The zero-order valence-electron chi connectivity index (χ0n) is 9.29. The Morgan fingerprint density at radius 2 is 2.33 bits per heavy atom. The molecule has 0 spiro atoms. The fourth-order valence-electron chi connectivity index (χ4n) is 2.29. The molecule has 1 aliphatic heterocycles. The third-order valence-electron chi connectivity index (χ3n) is 3.22. The number of carbonyl (C=O) groups excluding carboxylic acids is 1. The van der Waals surface area contributed by atoms with Crippen molar-refractivity contribution in [3.8, 4) is 0 Å². The summed E-state index contributed by atoms with van der Waals surface area (Å²) in [6, 6.07) is 0.515. The molecule has 1 aliphatic carbocycles. The van der Waals surface area contributed by atoms with E-state index in [1.165, 1.54) is 0 Å². The minimum absolute atomic E-state index is 0.0336. The van der Waals surface area contributed by atoms with Crippen LogP contribution >= 0.6 is 0 Å². The summed E-state index contributed by atoms with van der Waals surface area (Å²) >= 11 is 0. The van der Waals surface area contributed by atoms with Crippen LogP contribution in [-0.4, -0.2) is 37.2 Å². The highest BCUT2D eigenvalue weighted by Gasteiger charge is 2.33. The molecule has 2 rings (SSSR count). The molecule has 2 N–H and O–H groups in total. The Hall–Kier alpha value is -0.610. The van der Waals surface area contributed by atoms with Gasteiger partial charge in [0.15, 0.2) is 0 Å². The second-order valence-corrected chi connectivity index (χ2v) is 4.40. The Morgan fingerprint density at radius 1 is 1.53 bits per heavy atom. The molecule has 0 aromatic carbocycles. The highest BCUT2D eigenvalue weighted by Crippen LogP contribution is 2.24. The molecule has 0 radical (unpaired) electrons. The largest absolute Gasteiger partial charge is 0.378 e. The summed E-state index contributed by atoms with van der Waals surface area (Å²) in [5, 5.41) is 6.29. The van der Waals surface area contributed by atoms with Gasteiger partial charge in [0, 0.05) is 19.2 Å². The van der Waals surface area contributed by atoms with Crippen LogP contribution in [-0.2, 0) is 9.53 Å². The van der Waals surface area contributed by atoms with E-state index in [9.17, 15) is 4.79 Å². The average Bonchev–Trinajstić information content (AvgIpc) is 2.18. The van der Waals surface area contributed by atoms with Gasteiger partial charge in [-0.15, -0.1) is 0 Å². The van der Waals surface area contributed by atoms with E-state index in [2.05, 4.69) is 10.6 Å². The Balaban J connectivity index is 1.67. The second kappa shape index (κ2) is 4.94. The van der Waals surface area contributed by atoms with Crippen molar-refractivity contribution >= 4 is 5.91 Å². The molecule has 1 heterocycles. The molecule has 1 amide bonds. The molecule has 2 aliphatic rings. The molecular weight excluding hydrogens is 192 g/mol. The first-order valence-corrected chi connectivity index (χ1v) is 5.95. The van der Waals surface area contributed by atoms with Crippen LogP contribution in [0.2, 0.25) is 0 Å². The number of carbonyl (C=O) groups is 1. The van der Waals surface area contributed by atoms with Gasteiger partial charge in [-0.1, -0.05) is 0 Å². The maximum Gasteiger partial charge on any atom is 0.237 e. The van der Waals surface area contributed by atoms with Crippen molar-refractivity contribution < 1.29 is 9.53 Å². The Labute approximate surface area is 90.8 Å². The molecule has 0 aromatic rings. The average molecular weight is 212 g/mol. The first kappa shape index (κ1) is 10.9. The number of piperidine rings is 1. The van der Waals surface area contributed by atoms with Crippen molar-refractivity contribution in [2.75, 3.05) is 13.2 Å². The van der Waals surface area contributed by atoms with E-state index < -0.39 is 0 Å². The third kappa shape index (κ3) is 2.69. The zero-order valence-corrected chi connectivity index (χ0v) is 9.29. The molecule has 4 heteroatoms. The van der Waals surface area contributed by atoms with E-state index in [4.69, 9.17) is 4.74 Å². The Kier molecular flexibility index (Phi) is 3.59. The van der Waals surface area contributed by atoms with Gasteiger partial charge in [-0.2, -0.15) is 0 Å². The van der Waals surface area contributed by atoms with Crippen LogP contribution < -0.4 is 10.6 Å². The van der Waals surface area contributed by atoms with Gasteiger partial charge < -0.3 is 15.4 Å². The summed E-state index contributed by atoms with van der Waals surface area (Å²) in [5.41, 5.74) is 0. The summed E-state index contributed by atoms with van der Waals surface area (Å²) in [4.78, 5) is 11.5. The molecule has 15 heavy (non-hydrogen) atoms. The van der Waals surface area contributed by atoms with Gasteiger partial charge in [0.25, 0.3) is 0 Å². The van der Waals surface area contributed by atoms with E-state index in [0.717, 1.165) is 38.8 Å². The maximum absolute atomic E-state index is 11.5. The van der Waals surface area contributed by atoms with Gasteiger partial charge >= 0.3 is 0 Å². The van der Waals surface area contributed by atoms with E-state index in [1.54, 1.807) is 0 Å². The first-order chi connectivity index (χ1) is 7.29. The van der Waals surface area contributed by atoms with E-state index in [1.807, 2.05) is 6.92 Å². The topological polar surface area (TPSA) is 50.4 Å². The molecule has 0 aromatic heterocycles. The standard InChI is InChI=1S/C11H20N2O2/c1-2-15-9-6-8(7-9)13-10-4-3-5-12-11(10)14/h8-10,13H,2-7H2,1H3,(H,12,14). The minimum Gasteiger partial charge on any atom is -0.378 e. The van der Waals surface area contributed by atoms with Crippen LogP contribution in [0.25, 0.3) is 0 Å². The van der Waals surface area contributed by atoms with Crippen molar-refractivity contribution in [3.63, 3.8) is 0 Å². The molecule has 1 atom stereocenters. The Bertz CT molecular complexity index is 227. The van der Waals surface area contributed by atoms with E-state index in [-0.39, 0.29) is 11.9 Å². The molecule has 1 unspecified atom stereocenters. The summed E-state index contributed by atoms with van der Waals surface area (Å²) in [6.45, 7) is 3.65. The monoisotopic (exact) mass is 212 g/mol. The summed E-state index contributed by atoms with van der Waals surface area (Å²) in [7, 11) is 0. The normalized spacial score (nSPS) is 35.8. The van der Waals surface area contributed by atoms with Gasteiger partial charge in [0.05, 0.1) is 12.1 Å². The fourth-order valence-corrected chi connectivity index (χ4v) is 2.29. The number of nitrogens with one attached hydrogen (secondary N) is 2. The van der Waals surface area contributed by atoms with Gasteiger partial charge in [0.1, 0.15) is 0 Å². The fraction of sp³-hybridized carbons (Fsp3) is 0.909. The molecule has 1 saturated carbocycles. The molecule has 86 valence electrons. The maximum atomic E-state index is 11.5. The number of ether oxygens (including phenoxy) is 1. The lowest BCUT2D eigenvalue weighted by molar-refractivity contribution is -0.125. The SMILES string of the molecule is CCOC1CC(NC2CCCNC2=O)C1. The van der Waals surface area contributed by atoms with Gasteiger partial charge in [-0.25, -0.2) is 0 Å². The summed E-state index contributed by atoms with van der Waals surface area (Å²) < 4.78 is 5.48. The van der Waals surface area contributed by atoms with Crippen molar-refractivity contribution in [1.82, 2.24) is 10.6 Å². The first-order valence-electron chi connectivity index (χ1n) is 5.95. The van der Waals surface area contributed by atoms with Crippen molar-refractivity contribution in [1.29, 1.82) is 0 Å². The van der Waals surface area contributed by atoms with Crippen LogP contribution in [0.1, 0.15) is 32.6 Å². The van der Waals surface area contributed by atoms with Crippen LogP contribution in [0.15, 0.2) is 0 Å². The van der Waals surface area contributed by atoms with Crippen molar-refractivity contribution in [3.05, 3.63) is 0 Å². The molecule has 2 fully saturated rings. The number of rotatable bonds is 4. The smallest absolute Gasteiger partial charge is 0.237 e. The number of amides is 1. The quantitative estimate of drug-likeness (QED) is 0.710. The predicted molar refractivity (Wildman–Crippen MR) is 57.6 cm³/mol. The van der Waals surface area contributed by atoms with Crippen LogP contribution in [0.5, 0.6) is 0 Å². The number of hydrogen-bond acceptors (Lipinski definition) is 3. The molecule has 0 bridgehead atoms. The molecule has 1 saturated heterocycles. The zero-order chi connectivity index (χ0) is 10.7. The van der Waals surface area contributed by atoms with Crippen LogP contribution in [0.4, 0.5) is 0 Å². The lowest BCUT2D eigenvalue weighted by Gasteiger charge is -2.38. The lowest BCUT2D eigenvalue weighted by Crippen LogP contribution is -2.56. The highest BCUT2D eigenvalue weighted by molar-refractivity contribution is 5.82. The van der Waals surface area contributed by atoms with Crippen molar-refractivity contribution in [2.45, 2.75) is 50.8 Å². The summed E-state index contributed by atoms with van der Waals surface area (Å²) in [5.74, 6) is 0.168. The summed E-state index contributed by atoms with van der Waals surface area (Å²) in [6.07, 6.45) is 4.58. The Morgan fingerprint density at radius 3 is 3.00 bits per heavy atom. The van der Waals surface area contributed by atoms with Gasteiger partial charge in [-0.3, -0.25) is 4.79 Å². The van der Waals surface area contributed by atoms with E-state index >= 15 is 0 Å². The molecular formula is C11H20N2O2. The highest BCUT2D eigenvalue weighted by atomic mass is 16.5. The minimum atomic E-state index is 0.0336. The lowest BCUT2D eigenvalue weighted by atomic mass is 9.88. The predicted octanol–water partition coefficient (Wildman–Crippen LogP) is 0.422.